The minimum absolute atomic E-state index is 0.123. The van der Waals surface area contributed by atoms with E-state index >= 15 is 0 Å². The Morgan fingerprint density at radius 3 is 2.06 bits per heavy atom. The number of fused-ring (bicyclic) bond motifs is 1. The Morgan fingerprint density at radius 2 is 1.55 bits per heavy atom. The van der Waals surface area contributed by atoms with E-state index < -0.39 is 10.3 Å². The van der Waals surface area contributed by atoms with Gasteiger partial charge in [0.25, 0.3) is 0 Å². The van der Waals surface area contributed by atoms with E-state index in [-0.39, 0.29) is 30.6 Å². The fourth-order valence-electron chi connectivity index (χ4n) is 3.25. The van der Waals surface area contributed by atoms with Crippen molar-refractivity contribution in [2.75, 3.05) is 33.8 Å². The molecule has 0 radical (unpaired) electrons. The molecule has 0 bridgehead atoms. The molecule has 168 valence electrons. The molecule has 1 heterocycles. The molecule has 0 saturated carbocycles. The van der Waals surface area contributed by atoms with Crippen molar-refractivity contribution in [3.05, 3.63) is 35.4 Å². The van der Waals surface area contributed by atoms with Crippen LogP contribution in [0.5, 0.6) is 28.7 Å². The quantitative estimate of drug-likeness (QED) is 0.617. The Balaban J connectivity index is 1.90. The highest BCUT2D eigenvalue weighted by Crippen LogP contribution is 2.40. The first-order valence-corrected chi connectivity index (χ1v) is 10.4. The third kappa shape index (κ3) is 4.86. The van der Waals surface area contributed by atoms with Gasteiger partial charge in [-0.15, -0.1) is 0 Å². The summed E-state index contributed by atoms with van der Waals surface area (Å²) in [6, 6.07) is 6.07. The summed E-state index contributed by atoms with van der Waals surface area (Å²) in [5.74, 6) is 1.44. The van der Waals surface area contributed by atoms with Gasteiger partial charge in [0.15, 0.2) is 23.0 Å². The predicted octanol–water partition coefficient (Wildman–Crippen LogP) is 1.85. The SMILES string of the molecule is COc1cc2c(cc1OS(N)(=O)=O)NC(=O)N(Cc1cc(OC)c(OC)c(OC)c1)C2. The third-order valence-corrected chi connectivity index (χ3v) is 5.00. The molecule has 2 aromatic rings. The minimum atomic E-state index is -4.26. The van der Waals surface area contributed by atoms with Gasteiger partial charge in [-0.3, -0.25) is 0 Å². The summed E-state index contributed by atoms with van der Waals surface area (Å²) in [7, 11) is 1.65. The lowest BCUT2D eigenvalue weighted by Crippen LogP contribution is -2.38. The molecule has 3 rings (SSSR count). The van der Waals surface area contributed by atoms with Crippen molar-refractivity contribution >= 4 is 22.0 Å². The fourth-order valence-corrected chi connectivity index (χ4v) is 3.63. The maximum atomic E-state index is 12.7. The van der Waals surface area contributed by atoms with E-state index in [9.17, 15) is 13.2 Å². The van der Waals surface area contributed by atoms with Crippen molar-refractivity contribution in [2.45, 2.75) is 13.1 Å². The number of ether oxygens (including phenoxy) is 4. The van der Waals surface area contributed by atoms with Crippen LogP contribution in [0.4, 0.5) is 10.5 Å². The van der Waals surface area contributed by atoms with Gasteiger partial charge in [-0.05, 0) is 29.3 Å². The molecule has 3 N–H and O–H groups in total. The van der Waals surface area contributed by atoms with Gasteiger partial charge in [0.2, 0.25) is 5.75 Å². The van der Waals surface area contributed by atoms with Crippen molar-refractivity contribution in [2.24, 2.45) is 5.14 Å². The Morgan fingerprint density at radius 1 is 0.935 bits per heavy atom. The number of carbonyl (C=O) groups excluding carboxylic acids is 1. The standard InChI is InChI=1S/C19H23N3O8S/c1-26-14-7-12-10-22(19(23)21-13(12)8-15(14)30-31(20,24)25)9-11-5-16(27-2)18(29-4)17(6-11)28-3/h5-8H,9-10H2,1-4H3,(H,21,23)(H2,20,24,25). The van der Waals surface area contributed by atoms with Gasteiger partial charge in [-0.2, -0.15) is 13.6 Å². The predicted molar refractivity (Wildman–Crippen MR) is 111 cm³/mol. The molecule has 11 nitrogen and oxygen atoms in total. The zero-order chi connectivity index (χ0) is 22.8. The fraction of sp³-hybridized carbons (Fsp3) is 0.316. The maximum Gasteiger partial charge on any atom is 0.380 e. The van der Waals surface area contributed by atoms with Gasteiger partial charge in [0.05, 0.1) is 34.1 Å². The number of amides is 2. The summed E-state index contributed by atoms with van der Waals surface area (Å²) in [5, 5.41) is 7.66. The lowest BCUT2D eigenvalue weighted by Gasteiger charge is -2.30. The molecule has 0 aliphatic carbocycles. The molecule has 1 aliphatic rings. The maximum absolute atomic E-state index is 12.7. The van der Waals surface area contributed by atoms with E-state index in [0.29, 0.717) is 28.5 Å². The molecule has 2 aromatic carbocycles. The summed E-state index contributed by atoms with van der Waals surface area (Å²) in [6.45, 7) is 0.490. The lowest BCUT2D eigenvalue weighted by molar-refractivity contribution is 0.203. The number of nitrogens with two attached hydrogens (primary N) is 1. The molecular weight excluding hydrogens is 430 g/mol. The first-order chi connectivity index (χ1) is 14.7. The molecule has 12 heteroatoms. The lowest BCUT2D eigenvalue weighted by atomic mass is 10.1. The van der Waals surface area contributed by atoms with Crippen LogP contribution in [-0.4, -0.2) is 47.8 Å². The second kappa shape index (κ2) is 8.78. The number of anilines is 1. The number of hydrogen-bond donors (Lipinski definition) is 2. The summed E-state index contributed by atoms with van der Waals surface area (Å²) in [5.41, 5.74) is 1.85. The Kier molecular flexibility index (Phi) is 6.32. The van der Waals surface area contributed by atoms with Crippen LogP contribution in [0.1, 0.15) is 11.1 Å². The number of hydrogen-bond acceptors (Lipinski definition) is 8. The summed E-state index contributed by atoms with van der Waals surface area (Å²) >= 11 is 0. The summed E-state index contributed by atoms with van der Waals surface area (Å²) in [4.78, 5) is 14.2. The van der Waals surface area contributed by atoms with E-state index in [1.54, 1.807) is 23.1 Å². The molecule has 0 saturated heterocycles. The van der Waals surface area contributed by atoms with E-state index in [1.165, 1.54) is 34.5 Å². The van der Waals surface area contributed by atoms with Crippen LogP contribution < -0.4 is 33.6 Å². The van der Waals surface area contributed by atoms with Crippen molar-refractivity contribution in [1.29, 1.82) is 0 Å². The molecule has 1 aliphatic heterocycles. The zero-order valence-corrected chi connectivity index (χ0v) is 18.2. The number of benzene rings is 2. The first kappa shape index (κ1) is 22.3. The number of methoxy groups -OCH3 is 4. The molecule has 0 spiro atoms. The highest BCUT2D eigenvalue weighted by molar-refractivity contribution is 7.84. The first-order valence-electron chi connectivity index (χ1n) is 8.97. The molecular formula is C19H23N3O8S. The summed E-state index contributed by atoms with van der Waals surface area (Å²) < 4.78 is 48.5. The van der Waals surface area contributed by atoms with Crippen molar-refractivity contribution in [3.63, 3.8) is 0 Å². The molecule has 0 fully saturated rings. The van der Waals surface area contributed by atoms with Gasteiger partial charge in [0.1, 0.15) is 0 Å². The van der Waals surface area contributed by atoms with E-state index in [0.717, 1.165) is 5.56 Å². The van der Waals surface area contributed by atoms with Crippen LogP contribution in [0.15, 0.2) is 24.3 Å². The number of urea groups is 1. The number of nitrogens with zero attached hydrogens (tertiary/aromatic N) is 1. The van der Waals surface area contributed by atoms with Crippen molar-refractivity contribution in [1.82, 2.24) is 4.90 Å². The highest BCUT2D eigenvalue weighted by atomic mass is 32.2. The Hall–Kier alpha value is -3.38. The van der Waals surface area contributed by atoms with Crippen LogP contribution >= 0.6 is 0 Å². The minimum Gasteiger partial charge on any atom is -0.493 e. The van der Waals surface area contributed by atoms with E-state index in [1.807, 2.05) is 0 Å². The van der Waals surface area contributed by atoms with Crippen molar-refractivity contribution in [3.8, 4) is 28.7 Å². The molecule has 31 heavy (non-hydrogen) atoms. The normalized spacial score (nSPS) is 13.2. The zero-order valence-electron chi connectivity index (χ0n) is 17.4. The molecule has 2 amide bonds. The second-order valence-electron chi connectivity index (χ2n) is 6.56. The van der Waals surface area contributed by atoms with Gasteiger partial charge >= 0.3 is 16.3 Å². The van der Waals surface area contributed by atoms with E-state index in [2.05, 4.69) is 5.32 Å². The highest BCUT2D eigenvalue weighted by Gasteiger charge is 2.26. The summed E-state index contributed by atoms with van der Waals surface area (Å²) in [6.07, 6.45) is 0. The van der Waals surface area contributed by atoms with Gasteiger partial charge in [-0.1, -0.05) is 0 Å². The van der Waals surface area contributed by atoms with Crippen LogP contribution in [0, 0.1) is 0 Å². The number of nitrogens with one attached hydrogen (secondary N) is 1. The van der Waals surface area contributed by atoms with Crippen LogP contribution in [-0.2, 0) is 23.4 Å². The molecule has 0 aromatic heterocycles. The van der Waals surface area contributed by atoms with Crippen molar-refractivity contribution < 1.29 is 36.3 Å². The van der Waals surface area contributed by atoms with Gasteiger partial charge in [-0.25, -0.2) is 4.79 Å². The Bertz CT molecular complexity index is 1080. The smallest absolute Gasteiger partial charge is 0.380 e. The average molecular weight is 453 g/mol. The van der Waals surface area contributed by atoms with Gasteiger partial charge < -0.3 is 33.3 Å². The molecule has 0 atom stereocenters. The average Bonchev–Trinajstić information content (AvgIpc) is 2.72. The number of carbonyl (C=O) groups is 1. The monoisotopic (exact) mass is 453 g/mol. The van der Waals surface area contributed by atoms with E-state index in [4.69, 9.17) is 28.3 Å². The second-order valence-corrected chi connectivity index (χ2v) is 7.71. The molecule has 0 unspecified atom stereocenters. The number of rotatable bonds is 8. The third-order valence-electron chi connectivity index (χ3n) is 4.58. The largest absolute Gasteiger partial charge is 0.493 e. The van der Waals surface area contributed by atoms with Crippen LogP contribution in [0.2, 0.25) is 0 Å². The topological polar surface area (TPSA) is 139 Å². The van der Waals surface area contributed by atoms with Crippen LogP contribution in [0.3, 0.4) is 0 Å². The Labute approximate surface area is 179 Å². The van der Waals surface area contributed by atoms with Gasteiger partial charge in [0, 0.05) is 19.2 Å². The van der Waals surface area contributed by atoms with Crippen LogP contribution in [0.25, 0.3) is 0 Å².